The van der Waals surface area contributed by atoms with E-state index in [1.165, 1.54) is 53.6 Å². The zero-order valence-electron chi connectivity index (χ0n) is 18.3. The van der Waals surface area contributed by atoms with Crippen LogP contribution in [0.15, 0.2) is 35.2 Å². The van der Waals surface area contributed by atoms with Crippen LogP contribution in [0.4, 0.5) is 5.69 Å². The van der Waals surface area contributed by atoms with Crippen molar-refractivity contribution in [1.82, 2.24) is 9.62 Å². The van der Waals surface area contributed by atoms with Crippen LogP contribution in [0.2, 0.25) is 0 Å². The molecule has 0 aliphatic heterocycles. The number of carbonyl (C=O) groups is 2. The fraction of sp³-hybridized carbons (Fsp3) is 0.300. The summed E-state index contributed by atoms with van der Waals surface area (Å²) in [6, 6.07) is 6.35. The van der Waals surface area contributed by atoms with Gasteiger partial charge in [-0.15, -0.1) is 0 Å². The van der Waals surface area contributed by atoms with Gasteiger partial charge in [0.2, 0.25) is 21.7 Å². The molecule has 32 heavy (non-hydrogen) atoms. The van der Waals surface area contributed by atoms with Crippen LogP contribution in [-0.4, -0.2) is 71.6 Å². The lowest BCUT2D eigenvalue weighted by Gasteiger charge is -2.15. The summed E-state index contributed by atoms with van der Waals surface area (Å²) in [4.78, 5) is 24.6. The van der Waals surface area contributed by atoms with Crippen molar-refractivity contribution in [2.45, 2.75) is 4.90 Å². The highest BCUT2D eigenvalue weighted by molar-refractivity contribution is 7.89. The molecule has 0 heterocycles. The molecule has 2 aromatic rings. The van der Waals surface area contributed by atoms with E-state index in [0.29, 0.717) is 5.75 Å². The van der Waals surface area contributed by atoms with Gasteiger partial charge in [-0.2, -0.15) is 0 Å². The highest BCUT2D eigenvalue weighted by Crippen LogP contribution is 2.38. The number of phenolic OH excluding ortho intramolecular Hbond substituents is 1. The molecule has 2 aromatic carbocycles. The van der Waals surface area contributed by atoms with Crippen LogP contribution in [0.25, 0.3) is 0 Å². The second kappa shape index (κ2) is 10.2. The number of amides is 2. The Morgan fingerprint density at radius 2 is 1.59 bits per heavy atom. The van der Waals surface area contributed by atoms with E-state index in [9.17, 15) is 23.1 Å². The Kier molecular flexibility index (Phi) is 7.89. The molecule has 0 atom stereocenters. The fourth-order valence-electron chi connectivity index (χ4n) is 2.66. The average Bonchev–Trinajstić information content (AvgIpc) is 2.77. The van der Waals surface area contributed by atoms with E-state index < -0.39 is 28.4 Å². The maximum absolute atomic E-state index is 12.5. The first-order valence-electron chi connectivity index (χ1n) is 9.18. The van der Waals surface area contributed by atoms with Gasteiger partial charge in [0.1, 0.15) is 5.75 Å². The Morgan fingerprint density at radius 3 is 2.09 bits per heavy atom. The molecule has 11 nitrogen and oxygen atoms in total. The molecule has 0 fully saturated rings. The maximum atomic E-state index is 12.5. The molecule has 12 heteroatoms. The van der Waals surface area contributed by atoms with E-state index in [1.54, 1.807) is 0 Å². The first-order chi connectivity index (χ1) is 15.0. The Balaban J connectivity index is 2.13. The zero-order valence-corrected chi connectivity index (χ0v) is 19.1. The van der Waals surface area contributed by atoms with Crippen molar-refractivity contribution in [3.63, 3.8) is 0 Å². The lowest BCUT2D eigenvalue weighted by molar-refractivity contribution is -0.115. The summed E-state index contributed by atoms with van der Waals surface area (Å²) < 4.78 is 41.1. The summed E-state index contributed by atoms with van der Waals surface area (Å²) in [5.74, 6) is -0.747. The van der Waals surface area contributed by atoms with E-state index >= 15 is 0 Å². The molecule has 0 saturated carbocycles. The van der Waals surface area contributed by atoms with Gasteiger partial charge in [-0.1, -0.05) is 0 Å². The molecular formula is C20H25N3O8S. The number of rotatable bonds is 9. The number of aromatic hydroxyl groups is 1. The second-order valence-corrected chi connectivity index (χ2v) is 8.76. The first-order valence-corrected chi connectivity index (χ1v) is 10.6. The minimum absolute atomic E-state index is 0.111. The van der Waals surface area contributed by atoms with E-state index in [-0.39, 0.29) is 33.4 Å². The van der Waals surface area contributed by atoms with Crippen LogP contribution < -0.4 is 24.8 Å². The van der Waals surface area contributed by atoms with E-state index in [2.05, 4.69) is 10.6 Å². The number of phenols is 1. The molecule has 0 bridgehead atoms. The normalized spacial score (nSPS) is 11.1. The van der Waals surface area contributed by atoms with Gasteiger partial charge >= 0.3 is 0 Å². The monoisotopic (exact) mass is 467 g/mol. The predicted molar refractivity (Wildman–Crippen MR) is 116 cm³/mol. The summed E-state index contributed by atoms with van der Waals surface area (Å²) in [5.41, 5.74) is 0.0502. The quantitative estimate of drug-likeness (QED) is 0.464. The summed E-state index contributed by atoms with van der Waals surface area (Å²) in [7, 11) is 3.20. The van der Waals surface area contributed by atoms with Crippen molar-refractivity contribution in [2.24, 2.45) is 0 Å². The standard InChI is InChI=1S/C20H25N3O8S/c1-23(2)32(27,28)13-6-7-15(24)14(10-13)22-18(25)11-21-20(26)12-8-16(29-3)19(31-5)17(9-12)30-4/h6-10,24H,11H2,1-5H3,(H,21,26)(H,22,25). The van der Waals surface area contributed by atoms with Crippen LogP contribution in [-0.2, 0) is 14.8 Å². The third kappa shape index (κ3) is 5.39. The smallest absolute Gasteiger partial charge is 0.251 e. The van der Waals surface area contributed by atoms with Gasteiger partial charge in [0, 0.05) is 19.7 Å². The highest BCUT2D eigenvalue weighted by Gasteiger charge is 2.20. The number of nitrogens with zero attached hydrogens (tertiary/aromatic N) is 1. The van der Waals surface area contributed by atoms with Crippen LogP contribution in [0.5, 0.6) is 23.0 Å². The van der Waals surface area contributed by atoms with Gasteiger partial charge < -0.3 is 30.0 Å². The molecule has 0 aromatic heterocycles. The van der Waals surface area contributed by atoms with Crippen LogP contribution >= 0.6 is 0 Å². The average molecular weight is 468 g/mol. The Bertz CT molecular complexity index is 1090. The second-order valence-electron chi connectivity index (χ2n) is 6.61. The van der Waals surface area contributed by atoms with Crippen molar-refractivity contribution >= 4 is 27.5 Å². The summed E-state index contributed by atoms with van der Waals surface area (Å²) in [6.07, 6.45) is 0. The van der Waals surface area contributed by atoms with Gasteiger partial charge in [-0.25, -0.2) is 12.7 Å². The molecule has 0 aliphatic carbocycles. The molecule has 0 saturated heterocycles. The van der Waals surface area contributed by atoms with Crippen molar-refractivity contribution in [3.05, 3.63) is 35.9 Å². The lowest BCUT2D eigenvalue weighted by Crippen LogP contribution is -2.33. The number of hydrogen-bond donors (Lipinski definition) is 3. The maximum Gasteiger partial charge on any atom is 0.251 e. The first kappa shape index (κ1) is 24.8. The molecule has 2 rings (SSSR count). The van der Waals surface area contributed by atoms with Gasteiger partial charge in [-0.3, -0.25) is 9.59 Å². The topological polar surface area (TPSA) is 143 Å². The van der Waals surface area contributed by atoms with Gasteiger partial charge in [0.25, 0.3) is 5.91 Å². The zero-order chi connectivity index (χ0) is 24.1. The molecular weight excluding hydrogens is 442 g/mol. The minimum Gasteiger partial charge on any atom is -0.506 e. The molecule has 2 amide bonds. The van der Waals surface area contributed by atoms with Crippen molar-refractivity contribution in [1.29, 1.82) is 0 Å². The van der Waals surface area contributed by atoms with Crippen LogP contribution in [0, 0.1) is 0 Å². The van der Waals surface area contributed by atoms with Gasteiger partial charge in [-0.05, 0) is 30.3 Å². The Labute approximate surface area is 185 Å². The predicted octanol–water partition coefficient (Wildman–Crippen LogP) is 1.04. The van der Waals surface area contributed by atoms with Gasteiger partial charge in [0.05, 0.1) is 38.5 Å². The number of nitrogens with one attached hydrogen (secondary N) is 2. The largest absolute Gasteiger partial charge is 0.506 e. The fourth-order valence-corrected chi connectivity index (χ4v) is 3.58. The number of ether oxygens (including phenoxy) is 3. The minimum atomic E-state index is -3.77. The third-order valence-electron chi connectivity index (χ3n) is 4.36. The van der Waals surface area contributed by atoms with E-state index in [0.717, 1.165) is 16.4 Å². The lowest BCUT2D eigenvalue weighted by atomic mass is 10.1. The number of benzene rings is 2. The summed E-state index contributed by atoms with van der Waals surface area (Å²) in [5, 5.41) is 14.8. The van der Waals surface area contributed by atoms with Crippen molar-refractivity contribution in [3.8, 4) is 23.0 Å². The number of sulfonamides is 1. The van der Waals surface area contributed by atoms with E-state index in [4.69, 9.17) is 14.2 Å². The molecule has 0 unspecified atom stereocenters. The van der Waals surface area contributed by atoms with Crippen LogP contribution in [0.3, 0.4) is 0 Å². The summed E-state index contributed by atoms with van der Waals surface area (Å²) >= 11 is 0. The number of anilines is 1. The van der Waals surface area contributed by atoms with Gasteiger partial charge in [0.15, 0.2) is 11.5 Å². The number of methoxy groups -OCH3 is 3. The molecule has 0 radical (unpaired) electrons. The Hall–Kier alpha value is -3.51. The molecule has 3 N–H and O–H groups in total. The van der Waals surface area contributed by atoms with E-state index in [1.807, 2.05) is 0 Å². The SMILES string of the molecule is COc1cc(C(=O)NCC(=O)Nc2cc(S(=O)(=O)N(C)C)ccc2O)cc(OC)c1OC. The highest BCUT2D eigenvalue weighted by atomic mass is 32.2. The molecule has 174 valence electrons. The molecule has 0 spiro atoms. The summed E-state index contributed by atoms with van der Waals surface area (Å²) in [6.45, 7) is -0.445. The Morgan fingerprint density at radius 1 is 1.00 bits per heavy atom. The third-order valence-corrected chi connectivity index (χ3v) is 6.17. The number of hydrogen-bond acceptors (Lipinski definition) is 8. The van der Waals surface area contributed by atoms with Crippen LogP contribution in [0.1, 0.15) is 10.4 Å². The molecule has 0 aliphatic rings. The van der Waals surface area contributed by atoms with Crippen molar-refractivity contribution in [2.75, 3.05) is 47.3 Å². The van der Waals surface area contributed by atoms with Crippen molar-refractivity contribution < 1.29 is 37.3 Å². The number of carbonyl (C=O) groups excluding carboxylic acids is 2.